The number of benzene rings is 2. The SMILES string of the molecule is CN(C)c1cc(N=C(c2ccccc2)N2CCCCC2)c2ccccc2n1.Cl.Cl. The Hall–Kier alpha value is -2.30. The lowest BCUT2D eigenvalue weighted by atomic mass is 10.1. The van der Waals surface area contributed by atoms with Crippen molar-refractivity contribution in [3.8, 4) is 0 Å². The minimum atomic E-state index is 0. The fraction of sp³-hybridized carbons (Fsp3) is 0.304. The molecule has 0 bridgehead atoms. The van der Waals surface area contributed by atoms with E-state index in [0.29, 0.717) is 0 Å². The average Bonchev–Trinajstić information content (AvgIpc) is 2.73. The van der Waals surface area contributed by atoms with Gasteiger partial charge in [0.25, 0.3) is 0 Å². The first kappa shape index (κ1) is 23.0. The van der Waals surface area contributed by atoms with Gasteiger partial charge in [-0.2, -0.15) is 0 Å². The minimum Gasteiger partial charge on any atom is -0.363 e. The van der Waals surface area contributed by atoms with Crippen LogP contribution in [0.3, 0.4) is 0 Å². The third-order valence-corrected chi connectivity index (χ3v) is 5.05. The number of halogens is 2. The first-order chi connectivity index (χ1) is 13.2. The third-order valence-electron chi connectivity index (χ3n) is 5.05. The molecule has 0 unspecified atom stereocenters. The molecule has 1 fully saturated rings. The van der Waals surface area contributed by atoms with Crippen LogP contribution in [0, 0.1) is 0 Å². The van der Waals surface area contributed by atoms with Crippen molar-refractivity contribution < 1.29 is 0 Å². The normalized spacial score (nSPS) is 14.1. The van der Waals surface area contributed by atoms with Crippen LogP contribution < -0.4 is 4.90 Å². The number of rotatable bonds is 3. The molecule has 0 atom stereocenters. The molecule has 154 valence electrons. The van der Waals surface area contributed by atoms with Gasteiger partial charge in [0.05, 0.1) is 11.2 Å². The molecule has 6 heteroatoms. The monoisotopic (exact) mass is 430 g/mol. The molecule has 1 aliphatic rings. The van der Waals surface area contributed by atoms with Gasteiger partial charge in [-0.3, -0.25) is 0 Å². The number of likely N-dealkylation sites (tertiary alicyclic amines) is 1. The molecule has 2 aromatic carbocycles. The fourth-order valence-electron chi connectivity index (χ4n) is 3.59. The van der Waals surface area contributed by atoms with Crippen molar-refractivity contribution in [1.82, 2.24) is 9.88 Å². The summed E-state index contributed by atoms with van der Waals surface area (Å²) in [7, 11) is 4.04. The summed E-state index contributed by atoms with van der Waals surface area (Å²) in [4.78, 5) is 14.4. The van der Waals surface area contributed by atoms with Crippen molar-refractivity contribution in [2.45, 2.75) is 19.3 Å². The Kier molecular flexibility index (Phi) is 8.30. The minimum absolute atomic E-state index is 0. The van der Waals surface area contributed by atoms with Crippen molar-refractivity contribution in [3.05, 3.63) is 66.2 Å². The van der Waals surface area contributed by atoms with Crippen LogP contribution >= 0.6 is 24.8 Å². The van der Waals surface area contributed by atoms with Gasteiger partial charge in [0, 0.05) is 44.2 Å². The van der Waals surface area contributed by atoms with Crippen LogP contribution in [0.2, 0.25) is 0 Å². The number of aliphatic imine (C=N–C) groups is 1. The molecule has 29 heavy (non-hydrogen) atoms. The van der Waals surface area contributed by atoms with E-state index in [2.05, 4.69) is 59.5 Å². The number of piperidine rings is 1. The lowest BCUT2D eigenvalue weighted by Crippen LogP contribution is -2.36. The van der Waals surface area contributed by atoms with E-state index >= 15 is 0 Å². The summed E-state index contributed by atoms with van der Waals surface area (Å²) in [6.07, 6.45) is 3.76. The molecule has 0 spiro atoms. The second kappa shape index (κ2) is 10.5. The van der Waals surface area contributed by atoms with Crippen LogP contribution in [0.25, 0.3) is 10.9 Å². The zero-order valence-electron chi connectivity index (χ0n) is 16.9. The first-order valence-electron chi connectivity index (χ1n) is 9.68. The number of fused-ring (bicyclic) bond motifs is 1. The average molecular weight is 431 g/mol. The number of para-hydroxylation sites is 1. The molecule has 3 aromatic rings. The Morgan fingerprint density at radius 2 is 1.55 bits per heavy atom. The van der Waals surface area contributed by atoms with Crippen LogP contribution in [0.4, 0.5) is 11.5 Å². The molecule has 0 aliphatic carbocycles. The first-order valence-corrected chi connectivity index (χ1v) is 9.68. The molecule has 1 saturated heterocycles. The Morgan fingerprint density at radius 1 is 0.897 bits per heavy atom. The summed E-state index contributed by atoms with van der Waals surface area (Å²) >= 11 is 0. The van der Waals surface area contributed by atoms with Crippen LogP contribution in [0.1, 0.15) is 24.8 Å². The number of anilines is 1. The Morgan fingerprint density at radius 3 is 2.24 bits per heavy atom. The van der Waals surface area contributed by atoms with E-state index < -0.39 is 0 Å². The van der Waals surface area contributed by atoms with Crippen molar-refractivity contribution >= 4 is 53.1 Å². The third kappa shape index (κ3) is 5.20. The fourth-order valence-corrected chi connectivity index (χ4v) is 3.59. The van der Waals surface area contributed by atoms with E-state index in [1.165, 1.54) is 24.8 Å². The predicted octanol–water partition coefficient (Wildman–Crippen LogP) is 5.71. The van der Waals surface area contributed by atoms with Gasteiger partial charge in [-0.25, -0.2) is 9.98 Å². The van der Waals surface area contributed by atoms with Crippen molar-refractivity contribution in [2.75, 3.05) is 32.1 Å². The molecular weight excluding hydrogens is 403 g/mol. The topological polar surface area (TPSA) is 31.7 Å². The summed E-state index contributed by atoms with van der Waals surface area (Å²) < 4.78 is 0. The second-order valence-electron chi connectivity index (χ2n) is 7.26. The lowest BCUT2D eigenvalue weighted by molar-refractivity contribution is 0.343. The Bertz CT molecular complexity index is 952. The lowest BCUT2D eigenvalue weighted by Gasteiger charge is -2.30. The summed E-state index contributed by atoms with van der Waals surface area (Å²) in [5.41, 5.74) is 3.13. The Balaban J connectivity index is 0.00000150. The van der Waals surface area contributed by atoms with Crippen LogP contribution in [-0.4, -0.2) is 42.9 Å². The number of hydrogen-bond acceptors (Lipinski definition) is 3. The summed E-state index contributed by atoms with van der Waals surface area (Å²) in [5.74, 6) is 2.00. The number of nitrogens with zero attached hydrogens (tertiary/aromatic N) is 4. The van der Waals surface area contributed by atoms with Gasteiger partial charge in [-0.05, 0) is 25.3 Å². The summed E-state index contributed by atoms with van der Waals surface area (Å²) in [6, 6.07) is 20.9. The van der Waals surface area contributed by atoms with E-state index in [4.69, 9.17) is 9.98 Å². The molecule has 0 radical (unpaired) electrons. The molecule has 0 saturated carbocycles. The zero-order chi connectivity index (χ0) is 18.6. The van der Waals surface area contributed by atoms with Gasteiger partial charge in [0.15, 0.2) is 0 Å². The largest absolute Gasteiger partial charge is 0.363 e. The number of aromatic nitrogens is 1. The molecule has 4 nitrogen and oxygen atoms in total. The van der Waals surface area contributed by atoms with Gasteiger partial charge in [-0.15, -0.1) is 24.8 Å². The maximum Gasteiger partial charge on any atom is 0.136 e. The van der Waals surface area contributed by atoms with E-state index in [9.17, 15) is 0 Å². The summed E-state index contributed by atoms with van der Waals surface area (Å²) in [6.45, 7) is 2.13. The van der Waals surface area contributed by atoms with Gasteiger partial charge in [0.2, 0.25) is 0 Å². The number of hydrogen-bond donors (Lipinski definition) is 0. The van der Waals surface area contributed by atoms with E-state index in [0.717, 1.165) is 41.3 Å². The van der Waals surface area contributed by atoms with E-state index in [1.54, 1.807) is 0 Å². The smallest absolute Gasteiger partial charge is 0.136 e. The maximum absolute atomic E-state index is 5.20. The quantitative estimate of drug-likeness (QED) is 0.393. The van der Waals surface area contributed by atoms with Crippen LogP contribution in [0.5, 0.6) is 0 Å². The van der Waals surface area contributed by atoms with Gasteiger partial charge >= 0.3 is 0 Å². The van der Waals surface area contributed by atoms with Crippen molar-refractivity contribution in [2.24, 2.45) is 4.99 Å². The predicted molar refractivity (Wildman–Crippen MR) is 129 cm³/mol. The van der Waals surface area contributed by atoms with Gasteiger partial charge in [0.1, 0.15) is 11.7 Å². The molecule has 4 rings (SSSR count). The number of pyridine rings is 1. The van der Waals surface area contributed by atoms with E-state index in [1.807, 2.05) is 25.1 Å². The molecular formula is C23H28Cl2N4. The highest BCUT2D eigenvalue weighted by Crippen LogP contribution is 2.30. The molecule has 0 amide bonds. The molecule has 0 N–H and O–H groups in total. The zero-order valence-corrected chi connectivity index (χ0v) is 18.5. The van der Waals surface area contributed by atoms with Crippen LogP contribution in [-0.2, 0) is 0 Å². The molecule has 1 aromatic heterocycles. The molecule has 2 heterocycles. The molecule has 1 aliphatic heterocycles. The highest BCUT2D eigenvalue weighted by Gasteiger charge is 2.17. The second-order valence-corrected chi connectivity index (χ2v) is 7.26. The highest BCUT2D eigenvalue weighted by molar-refractivity contribution is 6.03. The Labute approximate surface area is 185 Å². The van der Waals surface area contributed by atoms with Gasteiger partial charge < -0.3 is 9.80 Å². The van der Waals surface area contributed by atoms with Gasteiger partial charge in [-0.1, -0.05) is 48.5 Å². The van der Waals surface area contributed by atoms with Crippen molar-refractivity contribution in [1.29, 1.82) is 0 Å². The van der Waals surface area contributed by atoms with E-state index in [-0.39, 0.29) is 24.8 Å². The number of amidine groups is 1. The standard InChI is InChI=1S/C23H26N4.2ClH/c1-26(2)22-17-21(19-13-7-8-14-20(19)24-22)25-23(18-11-5-3-6-12-18)27-15-9-4-10-16-27;;/h3,5-8,11-14,17H,4,9-10,15-16H2,1-2H3;2*1H. The summed E-state index contributed by atoms with van der Waals surface area (Å²) in [5, 5.41) is 1.09. The van der Waals surface area contributed by atoms with Crippen LogP contribution in [0.15, 0.2) is 65.7 Å². The van der Waals surface area contributed by atoms with Crippen molar-refractivity contribution in [3.63, 3.8) is 0 Å². The highest BCUT2D eigenvalue weighted by atomic mass is 35.5. The maximum atomic E-state index is 5.20.